The summed E-state index contributed by atoms with van der Waals surface area (Å²) in [6.07, 6.45) is 1.79. The van der Waals surface area contributed by atoms with Crippen LogP contribution >= 0.6 is 11.6 Å². The zero-order valence-corrected chi connectivity index (χ0v) is 8.04. The summed E-state index contributed by atoms with van der Waals surface area (Å²) in [5.74, 6) is 0. The Kier molecular flexibility index (Phi) is 1.66. The first-order chi connectivity index (χ1) is 6.11. The maximum atomic E-state index is 11.6. The van der Waals surface area contributed by atoms with Crippen molar-refractivity contribution in [1.29, 1.82) is 0 Å². The van der Waals surface area contributed by atoms with Crippen LogP contribution in [0.2, 0.25) is 5.28 Å². The summed E-state index contributed by atoms with van der Waals surface area (Å²) in [4.78, 5) is 15.7. The monoisotopic (exact) mass is 197 g/mol. The number of aromatic nitrogens is 3. The molecule has 0 aromatic carbocycles. The van der Waals surface area contributed by atoms with Gasteiger partial charge in [-0.25, -0.2) is 4.98 Å². The lowest BCUT2D eigenvalue weighted by Crippen LogP contribution is -2.20. The van der Waals surface area contributed by atoms with Crippen molar-refractivity contribution in [1.82, 2.24) is 14.1 Å². The van der Waals surface area contributed by atoms with E-state index in [2.05, 4.69) is 4.98 Å². The predicted molar refractivity (Wildman–Crippen MR) is 51.0 cm³/mol. The second-order valence-corrected chi connectivity index (χ2v) is 3.24. The minimum absolute atomic E-state index is 0.123. The summed E-state index contributed by atoms with van der Waals surface area (Å²) in [5.41, 5.74) is 1.09. The van der Waals surface area contributed by atoms with Crippen molar-refractivity contribution >= 4 is 22.6 Å². The van der Waals surface area contributed by atoms with Crippen LogP contribution in [0.25, 0.3) is 11.0 Å². The van der Waals surface area contributed by atoms with Gasteiger partial charge in [-0.1, -0.05) is 0 Å². The van der Waals surface area contributed by atoms with E-state index in [0.717, 1.165) is 0 Å². The third-order valence-electron chi connectivity index (χ3n) is 2.05. The zero-order valence-electron chi connectivity index (χ0n) is 7.28. The van der Waals surface area contributed by atoms with Crippen molar-refractivity contribution in [2.45, 2.75) is 0 Å². The molecule has 68 valence electrons. The van der Waals surface area contributed by atoms with Crippen molar-refractivity contribution in [3.63, 3.8) is 0 Å². The molecule has 0 bridgehead atoms. The molecule has 0 amide bonds. The zero-order chi connectivity index (χ0) is 9.59. The first-order valence-electron chi connectivity index (χ1n) is 3.79. The van der Waals surface area contributed by atoms with Gasteiger partial charge in [-0.2, -0.15) is 0 Å². The van der Waals surface area contributed by atoms with Gasteiger partial charge >= 0.3 is 0 Å². The van der Waals surface area contributed by atoms with Crippen LogP contribution in [-0.4, -0.2) is 14.1 Å². The molecule has 2 heterocycles. The number of fused-ring (bicyclic) bond motifs is 1. The third-order valence-corrected chi connectivity index (χ3v) is 2.39. The molecule has 0 fully saturated rings. The van der Waals surface area contributed by atoms with Gasteiger partial charge < -0.3 is 4.57 Å². The van der Waals surface area contributed by atoms with Crippen LogP contribution in [0, 0.1) is 0 Å². The van der Waals surface area contributed by atoms with Gasteiger partial charge in [0.15, 0.2) is 0 Å². The Morgan fingerprint density at radius 2 is 2.15 bits per heavy atom. The molecular weight excluding hydrogens is 190 g/mol. The van der Waals surface area contributed by atoms with Gasteiger partial charge in [0.05, 0.1) is 5.52 Å². The lowest BCUT2D eigenvalue weighted by atomic mass is 10.4. The average molecular weight is 198 g/mol. The first-order valence-corrected chi connectivity index (χ1v) is 4.16. The van der Waals surface area contributed by atoms with Crippen molar-refractivity contribution < 1.29 is 0 Å². The molecule has 2 aromatic rings. The summed E-state index contributed by atoms with van der Waals surface area (Å²) < 4.78 is 3.06. The van der Waals surface area contributed by atoms with Gasteiger partial charge in [-0.3, -0.25) is 9.36 Å². The van der Waals surface area contributed by atoms with E-state index in [4.69, 9.17) is 11.6 Å². The molecule has 0 saturated carbocycles. The van der Waals surface area contributed by atoms with Gasteiger partial charge in [0.1, 0.15) is 5.52 Å². The number of hydrogen-bond acceptors (Lipinski definition) is 2. The second-order valence-electron chi connectivity index (χ2n) is 2.91. The van der Waals surface area contributed by atoms with E-state index < -0.39 is 0 Å². The van der Waals surface area contributed by atoms with Crippen molar-refractivity contribution in [3.8, 4) is 0 Å². The molecule has 0 radical (unpaired) electrons. The molecule has 2 aromatic heterocycles. The number of nitrogens with zero attached hydrogens (tertiary/aromatic N) is 3. The van der Waals surface area contributed by atoms with E-state index in [1.807, 2.05) is 0 Å². The molecule has 0 aliphatic heterocycles. The largest absolute Gasteiger partial charge is 0.345 e. The Balaban J connectivity index is 3.06. The van der Waals surface area contributed by atoms with Crippen molar-refractivity contribution in [2.24, 2.45) is 14.1 Å². The van der Waals surface area contributed by atoms with Crippen LogP contribution in [0.15, 0.2) is 17.1 Å². The van der Waals surface area contributed by atoms with E-state index in [9.17, 15) is 4.79 Å². The van der Waals surface area contributed by atoms with Crippen LogP contribution in [0.5, 0.6) is 0 Å². The molecule has 0 atom stereocenters. The van der Waals surface area contributed by atoms with Crippen LogP contribution in [0.4, 0.5) is 0 Å². The Labute approximate surface area is 79.4 Å². The Morgan fingerprint density at radius 3 is 2.85 bits per heavy atom. The molecule has 0 unspecified atom stereocenters. The van der Waals surface area contributed by atoms with E-state index in [0.29, 0.717) is 11.0 Å². The van der Waals surface area contributed by atoms with Gasteiger partial charge in [0.2, 0.25) is 5.28 Å². The fraction of sp³-hybridized carbons (Fsp3) is 0.250. The molecule has 0 N–H and O–H groups in total. The van der Waals surface area contributed by atoms with Gasteiger partial charge in [-0.15, -0.1) is 0 Å². The average Bonchev–Trinajstić information content (AvgIpc) is 2.43. The molecule has 0 aliphatic rings. The number of halogens is 1. The lowest BCUT2D eigenvalue weighted by Gasteiger charge is -2.01. The Bertz CT molecular complexity index is 526. The van der Waals surface area contributed by atoms with E-state index in [-0.39, 0.29) is 10.8 Å². The Morgan fingerprint density at radius 1 is 1.46 bits per heavy atom. The SMILES string of the molecule is Cn1c(Cl)nc2ccn(C)c2c1=O. The van der Waals surface area contributed by atoms with Crippen LogP contribution in [-0.2, 0) is 14.1 Å². The van der Waals surface area contributed by atoms with E-state index in [1.165, 1.54) is 4.57 Å². The molecule has 0 aliphatic carbocycles. The number of aryl methyl sites for hydroxylation is 1. The highest BCUT2D eigenvalue weighted by atomic mass is 35.5. The smallest absolute Gasteiger partial charge is 0.278 e. The normalized spacial score (nSPS) is 11.0. The van der Waals surface area contributed by atoms with Gasteiger partial charge in [0.25, 0.3) is 5.56 Å². The molecule has 0 saturated heterocycles. The van der Waals surface area contributed by atoms with E-state index >= 15 is 0 Å². The van der Waals surface area contributed by atoms with Crippen molar-refractivity contribution in [3.05, 3.63) is 27.9 Å². The Hall–Kier alpha value is -1.29. The minimum Gasteiger partial charge on any atom is -0.345 e. The van der Waals surface area contributed by atoms with Crippen molar-refractivity contribution in [2.75, 3.05) is 0 Å². The van der Waals surface area contributed by atoms with Crippen LogP contribution in [0.3, 0.4) is 0 Å². The molecule has 2 rings (SSSR count). The summed E-state index contributed by atoms with van der Waals surface area (Å²) in [6.45, 7) is 0. The lowest BCUT2D eigenvalue weighted by molar-refractivity contribution is 0.828. The molecule has 0 spiro atoms. The van der Waals surface area contributed by atoms with E-state index in [1.54, 1.807) is 30.9 Å². The third kappa shape index (κ3) is 1.06. The van der Waals surface area contributed by atoms with Crippen LogP contribution in [0.1, 0.15) is 0 Å². The summed E-state index contributed by atoms with van der Waals surface area (Å²) in [5, 5.41) is 0.212. The summed E-state index contributed by atoms with van der Waals surface area (Å²) >= 11 is 5.74. The first kappa shape index (κ1) is 8.31. The fourth-order valence-electron chi connectivity index (χ4n) is 1.28. The molecule has 5 heteroatoms. The number of hydrogen-bond donors (Lipinski definition) is 0. The highest BCUT2D eigenvalue weighted by molar-refractivity contribution is 6.28. The quantitative estimate of drug-likeness (QED) is 0.590. The summed E-state index contributed by atoms with van der Waals surface area (Å²) in [6, 6.07) is 1.77. The highest BCUT2D eigenvalue weighted by Gasteiger charge is 2.08. The molecule has 13 heavy (non-hydrogen) atoms. The standard InChI is InChI=1S/C8H8ClN3O/c1-11-4-3-5-6(11)7(13)12(2)8(9)10-5/h3-4H,1-2H3. The fourth-order valence-corrected chi connectivity index (χ4v) is 1.45. The maximum absolute atomic E-state index is 11.6. The van der Waals surface area contributed by atoms with Gasteiger partial charge in [0, 0.05) is 20.3 Å². The second kappa shape index (κ2) is 2.60. The predicted octanol–water partition coefficient (Wildman–Crippen LogP) is 0.925. The van der Waals surface area contributed by atoms with Gasteiger partial charge in [-0.05, 0) is 17.7 Å². The summed E-state index contributed by atoms with van der Waals surface area (Å²) in [7, 11) is 3.41. The molecule has 4 nitrogen and oxygen atoms in total. The maximum Gasteiger partial charge on any atom is 0.278 e. The van der Waals surface area contributed by atoms with Crippen LogP contribution < -0.4 is 5.56 Å². The number of rotatable bonds is 0. The topological polar surface area (TPSA) is 39.8 Å². The minimum atomic E-state index is -0.123. The highest BCUT2D eigenvalue weighted by Crippen LogP contribution is 2.10. The molecular formula is C8H8ClN3O.